The largest absolute Gasteiger partial charge is 0.444 e. The van der Waals surface area contributed by atoms with Gasteiger partial charge in [-0.05, 0) is 27.2 Å². The molecular weight excluding hydrogens is 352 g/mol. The number of guanidine groups is 1. The molecule has 1 saturated heterocycles. The van der Waals surface area contributed by atoms with Crippen LogP contribution in [0.1, 0.15) is 32.9 Å². The van der Waals surface area contributed by atoms with Gasteiger partial charge in [0.15, 0.2) is 10.9 Å². The van der Waals surface area contributed by atoms with Crippen molar-refractivity contribution in [3.05, 3.63) is 23.5 Å². The van der Waals surface area contributed by atoms with Crippen LogP contribution in [0, 0.1) is 0 Å². The summed E-state index contributed by atoms with van der Waals surface area (Å²) in [5, 5.41) is 8.30. The Hall–Kier alpha value is -2.29. The summed E-state index contributed by atoms with van der Waals surface area (Å²) in [5.74, 6) is 0.815. The molecule has 26 heavy (non-hydrogen) atoms. The van der Waals surface area contributed by atoms with Crippen molar-refractivity contribution in [2.75, 3.05) is 20.1 Å². The first-order valence-electron chi connectivity index (χ1n) is 8.70. The van der Waals surface area contributed by atoms with Crippen molar-refractivity contribution in [3.63, 3.8) is 0 Å². The number of rotatable bonds is 3. The fourth-order valence-electron chi connectivity index (χ4n) is 2.91. The Morgan fingerprint density at radius 2 is 2.31 bits per heavy atom. The molecule has 1 atom stereocenters. The molecule has 0 bridgehead atoms. The number of nitrogens with zero attached hydrogens (tertiary/aromatic N) is 4. The molecule has 0 saturated carbocycles. The summed E-state index contributed by atoms with van der Waals surface area (Å²) in [6.07, 6.45) is 4.51. The Balaban J connectivity index is 1.49. The summed E-state index contributed by atoms with van der Waals surface area (Å²) in [4.78, 5) is 24.0. The Bertz CT molecular complexity index is 762. The minimum absolute atomic E-state index is 0.0568. The Morgan fingerprint density at radius 3 is 3.00 bits per heavy atom. The number of aromatic nitrogens is 2. The first kappa shape index (κ1) is 18.5. The second-order valence-electron chi connectivity index (χ2n) is 7.30. The van der Waals surface area contributed by atoms with Crippen LogP contribution in [0.2, 0.25) is 0 Å². The number of carbonyl (C=O) groups excluding carboxylic acids is 1. The van der Waals surface area contributed by atoms with E-state index in [1.54, 1.807) is 18.4 Å². The van der Waals surface area contributed by atoms with Crippen LogP contribution in [0.3, 0.4) is 0 Å². The van der Waals surface area contributed by atoms with Crippen molar-refractivity contribution < 1.29 is 9.53 Å². The number of carbonyl (C=O) groups is 1. The van der Waals surface area contributed by atoms with Gasteiger partial charge >= 0.3 is 6.09 Å². The number of likely N-dealkylation sites (tertiary alicyclic amines) is 1. The average Bonchev–Trinajstić information content (AvgIpc) is 3.22. The molecule has 0 radical (unpaired) electrons. The molecule has 0 aliphatic carbocycles. The van der Waals surface area contributed by atoms with Gasteiger partial charge in [-0.2, -0.15) is 0 Å². The van der Waals surface area contributed by atoms with E-state index in [4.69, 9.17) is 4.74 Å². The van der Waals surface area contributed by atoms with E-state index in [0.29, 0.717) is 13.1 Å². The summed E-state index contributed by atoms with van der Waals surface area (Å²) in [6.45, 7) is 7.73. The second kappa shape index (κ2) is 7.53. The van der Waals surface area contributed by atoms with E-state index in [0.717, 1.165) is 29.6 Å². The van der Waals surface area contributed by atoms with Gasteiger partial charge in [0, 0.05) is 37.9 Å². The van der Waals surface area contributed by atoms with E-state index < -0.39 is 5.60 Å². The number of ether oxygens (including phenoxy) is 1. The third-order valence-electron chi connectivity index (χ3n) is 3.99. The predicted molar refractivity (Wildman–Crippen MR) is 103 cm³/mol. The monoisotopic (exact) mass is 378 g/mol. The molecule has 1 aliphatic heterocycles. The standard InChI is InChI=1S/C17H26N6O2S/c1-17(2,3)25-16(24)21-12-5-6-22(10-12)14(18-4)19-9-13-11-23-7-8-26-15(23)20-13/h7-8,11-12H,5-6,9-10H2,1-4H3,(H,18,19)(H,21,24). The molecule has 1 fully saturated rings. The first-order chi connectivity index (χ1) is 12.3. The molecule has 8 nitrogen and oxygen atoms in total. The zero-order valence-corrected chi connectivity index (χ0v) is 16.5. The molecule has 3 heterocycles. The summed E-state index contributed by atoms with van der Waals surface area (Å²) in [7, 11) is 1.77. The highest BCUT2D eigenvalue weighted by molar-refractivity contribution is 7.15. The van der Waals surface area contributed by atoms with Gasteiger partial charge in [0.25, 0.3) is 0 Å². The molecular formula is C17H26N6O2S. The Labute approximate surface area is 157 Å². The zero-order valence-electron chi connectivity index (χ0n) is 15.7. The third-order valence-corrected chi connectivity index (χ3v) is 4.76. The molecule has 1 amide bonds. The van der Waals surface area contributed by atoms with Gasteiger partial charge in [0.2, 0.25) is 0 Å². The molecule has 2 aromatic rings. The number of fused-ring (bicyclic) bond motifs is 1. The van der Waals surface area contributed by atoms with Crippen LogP contribution >= 0.6 is 11.3 Å². The summed E-state index contributed by atoms with van der Waals surface area (Å²) in [6, 6.07) is 0.0568. The highest BCUT2D eigenvalue weighted by Gasteiger charge is 2.27. The smallest absolute Gasteiger partial charge is 0.407 e. The summed E-state index contributed by atoms with van der Waals surface area (Å²) >= 11 is 1.61. The molecule has 0 aromatic carbocycles. The van der Waals surface area contributed by atoms with Crippen molar-refractivity contribution in [1.29, 1.82) is 0 Å². The van der Waals surface area contributed by atoms with Crippen LogP contribution in [0.4, 0.5) is 4.79 Å². The number of alkyl carbamates (subject to hydrolysis) is 1. The number of nitrogens with one attached hydrogen (secondary N) is 2. The number of hydrogen-bond donors (Lipinski definition) is 2. The minimum Gasteiger partial charge on any atom is -0.444 e. The van der Waals surface area contributed by atoms with Gasteiger partial charge in [0.05, 0.1) is 18.3 Å². The van der Waals surface area contributed by atoms with E-state index in [2.05, 4.69) is 25.5 Å². The number of imidazole rings is 1. The third kappa shape index (κ3) is 4.66. The Morgan fingerprint density at radius 1 is 1.50 bits per heavy atom. The lowest BCUT2D eigenvalue weighted by Gasteiger charge is -2.23. The van der Waals surface area contributed by atoms with E-state index in [1.807, 2.05) is 42.9 Å². The molecule has 1 aliphatic rings. The zero-order chi connectivity index (χ0) is 18.7. The fourth-order valence-corrected chi connectivity index (χ4v) is 3.63. The van der Waals surface area contributed by atoms with Gasteiger partial charge < -0.3 is 20.3 Å². The van der Waals surface area contributed by atoms with Crippen LogP contribution < -0.4 is 10.6 Å². The maximum Gasteiger partial charge on any atom is 0.407 e. The molecule has 9 heteroatoms. The van der Waals surface area contributed by atoms with E-state index in [9.17, 15) is 4.79 Å². The lowest BCUT2D eigenvalue weighted by atomic mass is 10.2. The van der Waals surface area contributed by atoms with Crippen LogP contribution in [-0.4, -0.2) is 58.1 Å². The normalized spacial score (nSPS) is 18.4. The SMILES string of the molecule is CN=C(NCc1cn2ccsc2n1)N1CCC(NC(=O)OC(C)(C)C)C1. The van der Waals surface area contributed by atoms with Gasteiger partial charge in [-0.25, -0.2) is 9.78 Å². The molecule has 142 valence electrons. The van der Waals surface area contributed by atoms with E-state index >= 15 is 0 Å². The predicted octanol–water partition coefficient (Wildman–Crippen LogP) is 2.07. The quantitative estimate of drug-likeness (QED) is 0.631. The van der Waals surface area contributed by atoms with Gasteiger partial charge in [-0.3, -0.25) is 9.39 Å². The van der Waals surface area contributed by atoms with Crippen LogP contribution in [0.15, 0.2) is 22.8 Å². The molecule has 3 rings (SSSR count). The van der Waals surface area contributed by atoms with Crippen molar-refractivity contribution >= 4 is 28.4 Å². The maximum absolute atomic E-state index is 11.9. The minimum atomic E-state index is -0.488. The summed E-state index contributed by atoms with van der Waals surface area (Å²) < 4.78 is 7.34. The van der Waals surface area contributed by atoms with Crippen LogP contribution in [-0.2, 0) is 11.3 Å². The van der Waals surface area contributed by atoms with Crippen molar-refractivity contribution in [3.8, 4) is 0 Å². The number of amides is 1. The van der Waals surface area contributed by atoms with Crippen molar-refractivity contribution in [2.45, 2.75) is 45.4 Å². The topological polar surface area (TPSA) is 83.3 Å². The van der Waals surface area contributed by atoms with Crippen molar-refractivity contribution in [2.24, 2.45) is 4.99 Å². The highest BCUT2D eigenvalue weighted by atomic mass is 32.1. The molecule has 2 N–H and O–H groups in total. The van der Waals surface area contributed by atoms with Gasteiger partial charge in [-0.15, -0.1) is 11.3 Å². The molecule has 1 unspecified atom stereocenters. The highest BCUT2D eigenvalue weighted by Crippen LogP contribution is 2.13. The van der Waals surface area contributed by atoms with Crippen LogP contribution in [0.25, 0.3) is 4.96 Å². The second-order valence-corrected chi connectivity index (χ2v) is 8.18. The average molecular weight is 379 g/mol. The number of hydrogen-bond acceptors (Lipinski definition) is 5. The molecule has 2 aromatic heterocycles. The fraction of sp³-hybridized carbons (Fsp3) is 0.588. The van der Waals surface area contributed by atoms with Crippen molar-refractivity contribution in [1.82, 2.24) is 24.9 Å². The van der Waals surface area contributed by atoms with Crippen LogP contribution in [0.5, 0.6) is 0 Å². The van der Waals surface area contributed by atoms with Gasteiger partial charge in [-0.1, -0.05) is 0 Å². The lowest BCUT2D eigenvalue weighted by Crippen LogP contribution is -2.44. The van der Waals surface area contributed by atoms with E-state index in [-0.39, 0.29) is 12.1 Å². The van der Waals surface area contributed by atoms with E-state index in [1.165, 1.54) is 0 Å². The maximum atomic E-state index is 11.9. The first-order valence-corrected chi connectivity index (χ1v) is 9.58. The Kier molecular flexibility index (Phi) is 5.36. The summed E-state index contributed by atoms with van der Waals surface area (Å²) in [5.41, 5.74) is 0.485. The lowest BCUT2D eigenvalue weighted by molar-refractivity contribution is 0.0507. The van der Waals surface area contributed by atoms with Gasteiger partial charge in [0.1, 0.15) is 5.60 Å². The molecule has 0 spiro atoms. The number of thiazole rings is 1. The number of aliphatic imine (C=N–C) groups is 1.